The quantitative estimate of drug-likeness (QED) is 0.437. The van der Waals surface area contributed by atoms with E-state index in [0.29, 0.717) is 5.92 Å². The van der Waals surface area contributed by atoms with Gasteiger partial charge in [0.2, 0.25) is 0 Å². The van der Waals surface area contributed by atoms with Gasteiger partial charge in [0, 0.05) is 18.0 Å². The number of aryl methyl sites for hydroxylation is 1. The predicted octanol–water partition coefficient (Wildman–Crippen LogP) is 5.94. The number of carbonyl (C=O) groups excluding carboxylic acids is 1. The number of carbonyl (C=O) groups is 1. The Balaban J connectivity index is 1.31. The van der Waals surface area contributed by atoms with Crippen molar-refractivity contribution >= 4 is 34.2 Å². The summed E-state index contributed by atoms with van der Waals surface area (Å²) in [6, 6.07) is 8.74. The number of aromatic nitrogens is 2. The molecule has 1 aromatic heterocycles. The predicted molar refractivity (Wildman–Crippen MR) is 119 cm³/mol. The molecule has 3 aromatic rings. The molecule has 4 rings (SSSR count). The molecule has 0 spiro atoms. The summed E-state index contributed by atoms with van der Waals surface area (Å²) >= 11 is 5.98. The molecule has 0 radical (unpaired) electrons. The monoisotopic (exact) mass is 464 g/mol. The lowest BCUT2D eigenvalue weighted by Crippen LogP contribution is -2.38. The van der Waals surface area contributed by atoms with Crippen molar-refractivity contribution < 1.29 is 18.0 Å². The third kappa shape index (κ3) is 4.85. The number of rotatable bonds is 5. The second-order valence-corrected chi connectivity index (χ2v) is 8.74. The fraction of sp³-hybridized carbons (Fsp3) is 0.391. The van der Waals surface area contributed by atoms with E-state index >= 15 is 0 Å². The Morgan fingerprint density at radius 2 is 1.94 bits per heavy atom. The number of halogens is 4. The summed E-state index contributed by atoms with van der Waals surface area (Å²) in [5, 5.41) is 14.8. The van der Waals surface area contributed by atoms with E-state index in [1.54, 1.807) is 0 Å². The molecule has 0 aliphatic heterocycles. The Bertz CT molecular complexity index is 1120. The minimum absolute atomic E-state index is 0.00917. The van der Waals surface area contributed by atoms with Crippen molar-refractivity contribution in [1.29, 1.82) is 0 Å². The molecule has 1 aliphatic rings. The maximum absolute atomic E-state index is 13.0. The average Bonchev–Trinajstić information content (AvgIpc) is 3.17. The van der Waals surface area contributed by atoms with E-state index < -0.39 is 17.6 Å². The van der Waals surface area contributed by atoms with E-state index in [1.807, 2.05) is 25.1 Å². The summed E-state index contributed by atoms with van der Waals surface area (Å²) in [6.07, 6.45) is -1.21. The standard InChI is InChI=1S/C23H24ClF3N4O/c1-13-3-2-4-19-20(13)21(31-30-19)28-12-14-5-8-16(9-6-14)29-22(32)17-11-15(23(25,26)27)7-10-18(17)24/h2-4,7,10-11,14,16H,5-6,8-9,12H2,1H3,(H,29,32)(H2,28,30,31)/t14-,16-. The lowest BCUT2D eigenvalue weighted by molar-refractivity contribution is -0.137. The normalized spacial score (nSPS) is 19.2. The summed E-state index contributed by atoms with van der Waals surface area (Å²) in [7, 11) is 0. The van der Waals surface area contributed by atoms with Crippen molar-refractivity contribution in [1.82, 2.24) is 15.5 Å². The number of fused-ring (bicyclic) bond motifs is 1. The van der Waals surface area contributed by atoms with Crippen LogP contribution < -0.4 is 10.6 Å². The molecule has 1 saturated carbocycles. The molecule has 5 nitrogen and oxygen atoms in total. The Hall–Kier alpha value is -2.74. The van der Waals surface area contributed by atoms with Crippen LogP contribution in [0.25, 0.3) is 10.9 Å². The van der Waals surface area contributed by atoms with Gasteiger partial charge < -0.3 is 10.6 Å². The number of anilines is 1. The number of nitrogens with zero attached hydrogens (tertiary/aromatic N) is 1. The highest BCUT2D eigenvalue weighted by Gasteiger charge is 2.32. The smallest absolute Gasteiger partial charge is 0.368 e. The molecule has 0 saturated heterocycles. The summed E-state index contributed by atoms with van der Waals surface area (Å²) < 4.78 is 38.9. The Labute approximate surface area is 188 Å². The highest BCUT2D eigenvalue weighted by Crippen LogP contribution is 2.32. The van der Waals surface area contributed by atoms with Gasteiger partial charge in [-0.3, -0.25) is 9.89 Å². The Kier molecular flexibility index (Phi) is 6.33. The molecule has 32 heavy (non-hydrogen) atoms. The van der Waals surface area contributed by atoms with Gasteiger partial charge in [-0.2, -0.15) is 18.3 Å². The van der Waals surface area contributed by atoms with E-state index in [9.17, 15) is 18.0 Å². The zero-order valence-corrected chi connectivity index (χ0v) is 18.3. The number of hydrogen-bond acceptors (Lipinski definition) is 3. The minimum atomic E-state index is -4.52. The van der Waals surface area contributed by atoms with Gasteiger partial charge in [-0.15, -0.1) is 0 Å². The van der Waals surface area contributed by atoms with Crippen LogP contribution in [0, 0.1) is 12.8 Å². The number of amides is 1. The van der Waals surface area contributed by atoms with E-state index in [1.165, 1.54) is 0 Å². The Morgan fingerprint density at radius 3 is 2.66 bits per heavy atom. The first-order valence-electron chi connectivity index (χ1n) is 10.6. The fourth-order valence-electron chi connectivity index (χ4n) is 4.27. The van der Waals surface area contributed by atoms with Crippen molar-refractivity contribution in [3.8, 4) is 0 Å². The summed E-state index contributed by atoms with van der Waals surface area (Å²) in [4.78, 5) is 12.5. The molecule has 9 heteroatoms. The first-order valence-corrected chi connectivity index (χ1v) is 11.0. The maximum atomic E-state index is 13.0. The first-order chi connectivity index (χ1) is 15.2. The van der Waals surface area contributed by atoms with Crippen LogP contribution in [0.3, 0.4) is 0 Å². The molecule has 0 bridgehead atoms. The molecular formula is C23H24ClF3N4O. The molecule has 0 unspecified atom stereocenters. The summed E-state index contributed by atoms with van der Waals surface area (Å²) in [5.41, 5.74) is 1.11. The topological polar surface area (TPSA) is 69.8 Å². The fourth-order valence-corrected chi connectivity index (χ4v) is 4.47. The second-order valence-electron chi connectivity index (χ2n) is 8.33. The molecule has 1 heterocycles. The highest BCUT2D eigenvalue weighted by molar-refractivity contribution is 6.33. The highest BCUT2D eigenvalue weighted by atomic mass is 35.5. The van der Waals surface area contributed by atoms with E-state index in [0.717, 1.165) is 72.7 Å². The van der Waals surface area contributed by atoms with Crippen molar-refractivity contribution in [3.05, 3.63) is 58.1 Å². The van der Waals surface area contributed by atoms with Gasteiger partial charge in [0.25, 0.3) is 5.91 Å². The van der Waals surface area contributed by atoms with Crippen LogP contribution in [-0.2, 0) is 6.18 Å². The number of benzene rings is 2. The van der Waals surface area contributed by atoms with Crippen molar-refractivity contribution in [2.24, 2.45) is 5.92 Å². The van der Waals surface area contributed by atoms with Crippen LogP contribution in [0.2, 0.25) is 5.02 Å². The van der Waals surface area contributed by atoms with E-state index in [4.69, 9.17) is 11.6 Å². The zero-order chi connectivity index (χ0) is 22.9. The van der Waals surface area contributed by atoms with Crippen molar-refractivity contribution in [3.63, 3.8) is 0 Å². The van der Waals surface area contributed by atoms with Gasteiger partial charge in [0.15, 0.2) is 5.82 Å². The molecule has 3 N–H and O–H groups in total. The Morgan fingerprint density at radius 1 is 1.19 bits per heavy atom. The van der Waals surface area contributed by atoms with Gasteiger partial charge in [0.05, 0.1) is 21.7 Å². The molecule has 1 aliphatic carbocycles. The van der Waals surface area contributed by atoms with Gasteiger partial charge >= 0.3 is 6.18 Å². The summed E-state index contributed by atoms with van der Waals surface area (Å²) in [5.74, 6) is 0.699. The van der Waals surface area contributed by atoms with Crippen LogP contribution in [-0.4, -0.2) is 28.7 Å². The SMILES string of the molecule is Cc1cccc2[nH]nc(NC[C@H]3CC[C@H](NC(=O)c4cc(C(F)(F)F)ccc4Cl)CC3)c12. The third-order valence-electron chi connectivity index (χ3n) is 6.08. The average molecular weight is 465 g/mol. The van der Waals surface area contributed by atoms with E-state index in [-0.39, 0.29) is 16.6 Å². The van der Waals surface area contributed by atoms with Crippen molar-refractivity contribution in [2.45, 2.75) is 44.8 Å². The second kappa shape index (κ2) is 9.02. The maximum Gasteiger partial charge on any atom is 0.416 e. The van der Waals surface area contributed by atoms with Gasteiger partial charge in [-0.1, -0.05) is 23.7 Å². The largest absolute Gasteiger partial charge is 0.416 e. The molecule has 1 amide bonds. The molecule has 0 atom stereocenters. The van der Waals surface area contributed by atoms with Crippen LogP contribution in [0.5, 0.6) is 0 Å². The zero-order valence-electron chi connectivity index (χ0n) is 17.5. The molecule has 1 fully saturated rings. The molecule has 170 valence electrons. The summed E-state index contributed by atoms with van der Waals surface area (Å²) in [6.45, 7) is 2.82. The van der Waals surface area contributed by atoms with Gasteiger partial charge in [-0.25, -0.2) is 0 Å². The molecule has 2 aromatic carbocycles. The lowest BCUT2D eigenvalue weighted by atomic mass is 9.86. The minimum Gasteiger partial charge on any atom is -0.368 e. The van der Waals surface area contributed by atoms with E-state index in [2.05, 4.69) is 20.8 Å². The van der Waals surface area contributed by atoms with Crippen LogP contribution in [0.1, 0.15) is 47.2 Å². The number of aromatic amines is 1. The number of nitrogens with one attached hydrogen (secondary N) is 3. The van der Waals surface area contributed by atoms with Crippen LogP contribution in [0.4, 0.5) is 19.0 Å². The number of alkyl halides is 3. The van der Waals surface area contributed by atoms with Crippen LogP contribution in [0.15, 0.2) is 36.4 Å². The number of hydrogen-bond donors (Lipinski definition) is 3. The lowest BCUT2D eigenvalue weighted by Gasteiger charge is -2.29. The van der Waals surface area contributed by atoms with Crippen molar-refractivity contribution in [2.75, 3.05) is 11.9 Å². The van der Waals surface area contributed by atoms with Gasteiger partial charge in [-0.05, 0) is 68.4 Å². The molecular weight excluding hydrogens is 441 g/mol. The number of H-pyrrole nitrogens is 1. The van der Waals surface area contributed by atoms with Crippen LogP contribution >= 0.6 is 11.6 Å². The first kappa shape index (κ1) is 22.5. The third-order valence-corrected chi connectivity index (χ3v) is 6.41. The van der Waals surface area contributed by atoms with Gasteiger partial charge in [0.1, 0.15) is 0 Å².